The third kappa shape index (κ3) is 4.91. The molecule has 0 bridgehead atoms. The van der Waals surface area contributed by atoms with Crippen LogP contribution in [0.5, 0.6) is 0 Å². The summed E-state index contributed by atoms with van der Waals surface area (Å²) >= 11 is 0. The summed E-state index contributed by atoms with van der Waals surface area (Å²) in [5.41, 5.74) is 0. The topological polar surface area (TPSA) is 69.7 Å². The molecule has 16 heavy (non-hydrogen) atoms. The molecule has 0 aliphatic heterocycles. The van der Waals surface area contributed by atoms with Crippen LogP contribution in [0.3, 0.4) is 0 Å². The molecule has 0 aromatic carbocycles. The van der Waals surface area contributed by atoms with Crippen LogP contribution in [-0.2, 0) is 23.9 Å². The Bertz CT molecular complexity index is 258. The van der Waals surface area contributed by atoms with Gasteiger partial charge < -0.3 is 9.47 Å². The Balaban J connectivity index is 4.67. The maximum absolute atomic E-state index is 11.5. The van der Waals surface area contributed by atoms with Gasteiger partial charge in [-0.25, -0.2) is 0 Å². The van der Waals surface area contributed by atoms with E-state index in [0.717, 1.165) is 6.92 Å². The van der Waals surface area contributed by atoms with Gasteiger partial charge in [0.2, 0.25) is 5.92 Å². The molecule has 0 unspecified atom stereocenters. The molecule has 92 valence electrons. The predicted octanol–water partition coefficient (Wildman–Crippen LogP) is 1.09. The Morgan fingerprint density at radius 1 is 0.812 bits per heavy atom. The lowest BCUT2D eigenvalue weighted by molar-refractivity contribution is -0.167. The first-order valence-electron chi connectivity index (χ1n) is 5.17. The lowest BCUT2D eigenvalue weighted by Gasteiger charge is -2.16. The van der Waals surface area contributed by atoms with Crippen molar-refractivity contribution < 1.29 is 23.9 Å². The average Bonchev–Trinajstić information content (AvgIpc) is 1.98. The number of ether oxygens (including phenoxy) is 2. The second kappa shape index (κ2) is 6.25. The quantitative estimate of drug-likeness (QED) is 0.522. The summed E-state index contributed by atoms with van der Waals surface area (Å²) in [5, 5.41) is 0. The van der Waals surface area contributed by atoms with Crippen LogP contribution in [0.25, 0.3) is 0 Å². The Morgan fingerprint density at radius 2 is 1.12 bits per heavy atom. The van der Waals surface area contributed by atoms with Gasteiger partial charge in [-0.2, -0.15) is 0 Å². The monoisotopic (exact) mass is 230 g/mol. The second-order valence-electron chi connectivity index (χ2n) is 4.01. The lowest BCUT2D eigenvalue weighted by atomic mass is 10.1. The predicted molar refractivity (Wildman–Crippen MR) is 56.6 cm³/mol. The molecule has 0 aromatic heterocycles. The molecule has 0 heterocycles. The van der Waals surface area contributed by atoms with Crippen molar-refractivity contribution in [2.45, 2.75) is 46.8 Å². The number of rotatable bonds is 5. The van der Waals surface area contributed by atoms with E-state index < -0.39 is 23.6 Å². The Hall–Kier alpha value is -1.39. The van der Waals surface area contributed by atoms with E-state index in [0.29, 0.717) is 0 Å². The van der Waals surface area contributed by atoms with E-state index in [-0.39, 0.29) is 12.2 Å². The maximum Gasteiger partial charge on any atom is 0.328 e. The summed E-state index contributed by atoms with van der Waals surface area (Å²) in [7, 11) is 0. The van der Waals surface area contributed by atoms with Crippen LogP contribution < -0.4 is 0 Å². The molecule has 0 radical (unpaired) electrons. The Morgan fingerprint density at radius 3 is 1.31 bits per heavy atom. The molecule has 0 atom stereocenters. The Labute approximate surface area is 95.1 Å². The molecule has 0 N–H and O–H groups in total. The van der Waals surface area contributed by atoms with Crippen molar-refractivity contribution in [3.63, 3.8) is 0 Å². The van der Waals surface area contributed by atoms with E-state index in [2.05, 4.69) is 0 Å². The summed E-state index contributed by atoms with van der Waals surface area (Å²) in [5.74, 6) is -3.75. The minimum absolute atomic E-state index is 0.374. The van der Waals surface area contributed by atoms with Gasteiger partial charge in [0.25, 0.3) is 0 Å². The van der Waals surface area contributed by atoms with E-state index >= 15 is 0 Å². The summed E-state index contributed by atoms with van der Waals surface area (Å²) in [6.07, 6.45) is -0.748. The summed E-state index contributed by atoms with van der Waals surface area (Å²) in [6.45, 7) is 7.73. The second-order valence-corrected chi connectivity index (χ2v) is 4.01. The normalized spacial score (nSPS) is 10.8. The van der Waals surface area contributed by atoms with Gasteiger partial charge >= 0.3 is 11.9 Å². The summed E-state index contributed by atoms with van der Waals surface area (Å²) in [6, 6.07) is 0. The number of carbonyl (C=O) groups excluding carboxylic acids is 3. The number of ketones is 1. The minimum Gasteiger partial charge on any atom is -0.462 e. The van der Waals surface area contributed by atoms with E-state index in [1.165, 1.54) is 0 Å². The van der Waals surface area contributed by atoms with Crippen LogP contribution in [-0.4, -0.2) is 29.9 Å². The molecule has 0 rings (SSSR count). The molecule has 0 saturated carbocycles. The van der Waals surface area contributed by atoms with Crippen molar-refractivity contribution >= 4 is 17.7 Å². The SMILES string of the molecule is CC(=O)C(C(=O)OC(C)C)C(=O)OC(C)C. The fourth-order valence-corrected chi connectivity index (χ4v) is 1.03. The van der Waals surface area contributed by atoms with Gasteiger partial charge in [-0.15, -0.1) is 0 Å². The minimum atomic E-state index is -1.47. The fraction of sp³-hybridized carbons (Fsp3) is 0.727. The molecule has 0 saturated heterocycles. The van der Waals surface area contributed by atoms with Crippen LogP contribution in [0.2, 0.25) is 0 Å². The van der Waals surface area contributed by atoms with Crippen molar-refractivity contribution in [2.75, 3.05) is 0 Å². The zero-order valence-corrected chi connectivity index (χ0v) is 10.3. The standard InChI is InChI=1S/C11H18O5/c1-6(2)15-10(13)9(8(5)12)11(14)16-7(3)4/h6-7,9H,1-5H3. The molecule has 0 fully saturated rings. The van der Waals surface area contributed by atoms with Gasteiger partial charge in [-0.1, -0.05) is 0 Å². The van der Waals surface area contributed by atoms with E-state index in [1.807, 2.05) is 0 Å². The first-order chi connectivity index (χ1) is 7.25. The third-order valence-electron chi connectivity index (χ3n) is 1.58. The van der Waals surface area contributed by atoms with Gasteiger partial charge in [-0.3, -0.25) is 14.4 Å². The fourth-order valence-electron chi connectivity index (χ4n) is 1.03. The molecule has 0 spiro atoms. The largest absolute Gasteiger partial charge is 0.462 e. The number of Topliss-reactive ketones (excluding diaryl/α,β-unsaturated/α-hetero) is 1. The number of carbonyl (C=O) groups is 3. The van der Waals surface area contributed by atoms with Crippen molar-refractivity contribution in [1.82, 2.24) is 0 Å². The van der Waals surface area contributed by atoms with Crippen LogP contribution >= 0.6 is 0 Å². The van der Waals surface area contributed by atoms with Crippen LogP contribution in [0, 0.1) is 5.92 Å². The highest BCUT2D eigenvalue weighted by atomic mass is 16.6. The smallest absolute Gasteiger partial charge is 0.328 e. The molecular weight excluding hydrogens is 212 g/mol. The van der Waals surface area contributed by atoms with Crippen molar-refractivity contribution in [3.05, 3.63) is 0 Å². The molecule has 5 heteroatoms. The molecule has 0 aromatic rings. The van der Waals surface area contributed by atoms with Gasteiger partial charge in [0, 0.05) is 0 Å². The van der Waals surface area contributed by atoms with E-state index in [9.17, 15) is 14.4 Å². The average molecular weight is 230 g/mol. The molecule has 0 aliphatic rings. The lowest BCUT2D eigenvalue weighted by Crippen LogP contribution is -2.35. The highest BCUT2D eigenvalue weighted by molar-refractivity contribution is 6.14. The number of hydrogen-bond acceptors (Lipinski definition) is 5. The Kier molecular flexibility index (Phi) is 5.71. The zero-order valence-electron chi connectivity index (χ0n) is 10.3. The zero-order chi connectivity index (χ0) is 12.9. The molecule has 0 aliphatic carbocycles. The van der Waals surface area contributed by atoms with Gasteiger partial charge in [-0.05, 0) is 34.6 Å². The van der Waals surface area contributed by atoms with Crippen molar-refractivity contribution in [1.29, 1.82) is 0 Å². The first kappa shape index (κ1) is 14.6. The van der Waals surface area contributed by atoms with Crippen molar-refractivity contribution in [3.8, 4) is 0 Å². The van der Waals surface area contributed by atoms with Crippen LogP contribution in [0.1, 0.15) is 34.6 Å². The highest BCUT2D eigenvalue weighted by Gasteiger charge is 2.35. The van der Waals surface area contributed by atoms with E-state index in [4.69, 9.17) is 9.47 Å². The van der Waals surface area contributed by atoms with Gasteiger partial charge in [0.15, 0.2) is 5.78 Å². The summed E-state index contributed by atoms with van der Waals surface area (Å²) < 4.78 is 9.63. The molecule has 0 amide bonds. The first-order valence-corrected chi connectivity index (χ1v) is 5.17. The highest BCUT2D eigenvalue weighted by Crippen LogP contribution is 2.08. The number of hydrogen-bond donors (Lipinski definition) is 0. The third-order valence-corrected chi connectivity index (χ3v) is 1.58. The van der Waals surface area contributed by atoms with Crippen LogP contribution in [0.15, 0.2) is 0 Å². The van der Waals surface area contributed by atoms with Gasteiger partial charge in [0.1, 0.15) is 0 Å². The number of esters is 2. The van der Waals surface area contributed by atoms with Gasteiger partial charge in [0.05, 0.1) is 12.2 Å². The van der Waals surface area contributed by atoms with Crippen molar-refractivity contribution in [2.24, 2.45) is 5.92 Å². The van der Waals surface area contributed by atoms with E-state index in [1.54, 1.807) is 27.7 Å². The van der Waals surface area contributed by atoms with Crippen LogP contribution in [0.4, 0.5) is 0 Å². The summed E-state index contributed by atoms with van der Waals surface area (Å²) in [4.78, 5) is 34.1. The maximum atomic E-state index is 11.5. The molecule has 5 nitrogen and oxygen atoms in total. The molecular formula is C11H18O5.